The van der Waals surface area contributed by atoms with Gasteiger partial charge in [0.15, 0.2) is 0 Å². The zero-order valence-corrected chi connectivity index (χ0v) is 17.2. The van der Waals surface area contributed by atoms with Crippen LogP contribution in [0.4, 0.5) is 10.5 Å². The first-order valence-corrected chi connectivity index (χ1v) is 10.6. The maximum absolute atomic E-state index is 13.4. The van der Waals surface area contributed by atoms with E-state index >= 15 is 0 Å². The lowest BCUT2D eigenvalue weighted by Crippen LogP contribution is -2.48. The van der Waals surface area contributed by atoms with Crippen molar-refractivity contribution in [2.24, 2.45) is 0 Å². The predicted molar refractivity (Wildman–Crippen MR) is 115 cm³/mol. The van der Waals surface area contributed by atoms with Gasteiger partial charge >= 0.3 is 6.03 Å². The summed E-state index contributed by atoms with van der Waals surface area (Å²) in [4.78, 5) is 42.1. The summed E-state index contributed by atoms with van der Waals surface area (Å²) in [7, 11) is 0. The maximum Gasteiger partial charge on any atom is 0.325 e. The van der Waals surface area contributed by atoms with E-state index in [1.54, 1.807) is 11.8 Å². The number of anilines is 1. The van der Waals surface area contributed by atoms with Crippen LogP contribution in [0, 0.1) is 0 Å². The van der Waals surface area contributed by atoms with Crippen LogP contribution in [-0.2, 0) is 15.1 Å². The number of rotatable bonds is 5. The Labute approximate surface area is 176 Å². The third-order valence-electron chi connectivity index (χ3n) is 6.16. The van der Waals surface area contributed by atoms with Crippen LogP contribution in [-0.4, -0.2) is 35.3 Å². The first kappa shape index (κ1) is 20.1. The highest BCUT2D eigenvalue weighted by Gasteiger charge is 2.49. The van der Waals surface area contributed by atoms with E-state index in [9.17, 15) is 14.4 Å². The Morgan fingerprint density at radius 3 is 2.23 bits per heavy atom. The van der Waals surface area contributed by atoms with Crippen LogP contribution in [0.1, 0.15) is 44.6 Å². The predicted octanol–water partition coefficient (Wildman–Crippen LogP) is 3.82. The quantitative estimate of drug-likeness (QED) is 0.769. The van der Waals surface area contributed by atoms with Gasteiger partial charge in [-0.1, -0.05) is 67.8 Å². The van der Waals surface area contributed by atoms with Crippen molar-refractivity contribution in [1.82, 2.24) is 10.2 Å². The number of imide groups is 1. The third kappa shape index (κ3) is 3.70. The lowest BCUT2D eigenvalue weighted by molar-refractivity contribution is -0.134. The zero-order chi connectivity index (χ0) is 21.1. The Bertz CT molecular complexity index is 925. The lowest BCUT2D eigenvalue weighted by Gasteiger charge is -2.35. The zero-order valence-electron chi connectivity index (χ0n) is 17.2. The van der Waals surface area contributed by atoms with Crippen molar-refractivity contribution in [2.75, 3.05) is 11.4 Å². The molecule has 0 bridgehead atoms. The Morgan fingerprint density at radius 2 is 1.60 bits per heavy atom. The molecular formula is C24H27N3O3. The van der Waals surface area contributed by atoms with Gasteiger partial charge in [0.2, 0.25) is 5.91 Å². The van der Waals surface area contributed by atoms with Gasteiger partial charge in [-0.15, -0.1) is 0 Å². The number of carbonyl (C=O) groups is 3. The van der Waals surface area contributed by atoms with Crippen molar-refractivity contribution < 1.29 is 14.4 Å². The number of nitrogens with one attached hydrogen (secondary N) is 1. The number of urea groups is 1. The van der Waals surface area contributed by atoms with Crippen LogP contribution >= 0.6 is 0 Å². The van der Waals surface area contributed by atoms with E-state index in [2.05, 4.69) is 5.32 Å². The fraction of sp³-hybridized carbons (Fsp3) is 0.375. The maximum atomic E-state index is 13.4. The second-order valence-electron chi connectivity index (χ2n) is 8.20. The van der Waals surface area contributed by atoms with E-state index < -0.39 is 17.5 Å². The summed E-state index contributed by atoms with van der Waals surface area (Å²) in [5.74, 6) is -0.627. The fourth-order valence-electron chi connectivity index (χ4n) is 4.51. The molecule has 1 atom stereocenters. The topological polar surface area (TPSA) is 69.7 Å². The molecule has 1 saturated heterocycles. The van der Waals surface area contributed by atoms with Crippen LogP contribution in [0.15, 0.2) is 60.7 Å². The highest BCUT2D eigenvalue weighted by atomic mass is 16.2. The van der Waals surface area contributed by atoms with E-state index in [0.29, 0.717) is 5.56 Å². The molecular weight excluding hydrogens is 378 g/mol. The van der Waals surface area contributed by atoms with Crippen LogP contribution in [0.3, 0.4) is 0 Å². The number of benzene rings is 2. The summed E-state index contributed by atoms with van der Waals surface area (Å²) in [5, 5.41) is 2.78. The molecule has 2 aromatic carbocycles. The second kappa shape index (κ2) is 8.30. The summed E-state index contributed by atoms with van der Waals surface area (Å²) in [6, 6.07) is 18.2. The van der Waals surface area contributed by atoms with E-state index in [-0.39, 0.29) is 18.5 Å². The minimum atomic E-state index is -1.17. The first-order chi connectivity index (χ1) is 14.5. The van der Waals surface area contributed by atoms with Gasteiger partial charge in [0.25, 0.3) is 5.91 Å². The number of para-hydroxylation sites is 1. The molecule has 0 unspecified atom stereocenters. The van der Waals surface area contributed by atoms with E-state index in [1.807, 2.05) is 60.7 Å². The Balaban J connectivity index is 1.58. The van der Waals surface area contributed by atoms with Crippen molar-refractivity contribution >= 4 is 23.5 Å². The van der Waals surface area contributed by atoms with Crippen molar-refractivity contribution in [2.45, 2.75) is 50.6 Å². The van der Waals surface area contributed by atoms with E-state index in [4.69, 9.17) is 0 Å². The molecule has 4 amide bonds. The number of hydrogen-bond acceptors (Lipinski definition) is 3. The molecule has 0 aromatic heterocycles. The number of nitrogens with zero attached hydrogens (tertiary/aromatic N) is 2. The fourth-order valence-corrected chi connectivity index (χ4v) is 4.51. The van der Waals surface area contributed by atoms with E-state index in [1.165, 1.54) is 6.42 Å². The molecule has 0 spiro atoms. The first-order valence-electron chi connectivity index (χ1n) is 10.6. The molecule has 1 aliphatic heterocycles. The van der Waals surface area contributed by atoms with Crippen LogP contribution in [0.2, 0.25) is 0 Å². The van der Waals surface area contributed by atoms with Gasteiger partial charge in [0, 0.05) is 11.7 Å². The standard InChI is InChI=1S/C24H27N3O3/c1-24(18-11-5-2-6-12-18)22(29)26(23(30)25-24)17-21(28)27(19-13-7-3-8-14-19)20-15-9-4-10-16-20/h2-3,5-8,11-14,20H,4,9-10,15-17H2,1H3,(H,25,30)/t24-/m1/s1. The Hall–Kier alpha value is -3.15. The second-order valence-corrected chi connectivity index (χ2v) is 8.20. The van der Waals surface area contributed by atoms with Gasteiger partial charge in [-0.05, 0) is 37.5 Å². The number of carbonyl (C=O) groups excluding carboxylic acids is 3. The molecule has 2 aromatic rings. The summed E-state index contributed by atoms with van der Waals surface area (Å²) in [5.41, 5.74) is 0.346. The van der Waals surface area contributed by atoms with Gasteiger partial charge in [-0.2, -0.15) is 0 Å². The van der Waals surface area contributed by atoms with Gasteiger partial charge in [-0.3, -0.25) is 14.5 Å². The highest BCUT2D eigenvalue weighted by Crippen LogP contribution is 2.30. The normalized spacial score (nSPS) is 22.1. The molecule has 1 N–H and O–H groups in total. The minimum absolute atomic E-state index is 0.0925. The average molecular weight is 405 g/mol. The summed E-state index contributed by atoms with van der Waals surface area (Å²) in [6.45, 7) is 1.42. The smallest absolute Gasteiger partial charge is 0.319 e. The van der Waals surface area contributed by atoms with Crippen LogP contribution < -0.4 is 10.2 Å². The monoisotopic (exact) mass is 405 g/mol. The number of hydrogen-bond donors (Lipinski definition) is 1. The lowest BCUT2D eigenvalue weighted by atomic mass is 9.92. The van der Waals surface area contributed by atoms with Crippen molar-refractivity contribution in [3.63, 3.8) is 0 Å². The molecule has 2 aliphatic rings. The summed E-state index contributed by atoms with van der Waals surface area (Å²) < 4.78 is 0. The third-order valence-corrected chi connectivity index (χ3v) is 6.16. The molecule has 2 fully saturated rings. The van der Waals surface area contributed by atoms with E-state index in [0.717, 1.165) is 36.3 Å². The molecule has 156 valence electrons. The molecule has 6 heteroatoms. The van der Waals surface area contributed by atoms with Gasteiger partial charge in [-0.25, -0.2) is 4.79 Å². The van der Waals surface area contributed by atoms with Gasteiger partial charge in [0.1, 0.15) is 12.1 Å². The molecule has 4 rings (SSSR count). The molecule has 1 heterocycles. The molecule has 1 aliphatic carbocycles. The largest absolute Gasteiger partial charge is 0.325 e. The average Bonchev–Trinajstić information content (AvgIpc) is 3.00. The number of amides is 4. The van der Waals surface area contributed by atoms with Crippen LogP contribution in [0.25, 0.3) is 0 Å². The molecule has 1 saturated carbocycles. The summed E-state index contributed by atoms with van der Waals surface area (Å²) >= 11 is 0. The SMILES string of the molecule is C[C@]1(c2ccccc2)NC(=O)N(CC(=O)N(c2ccccc2)C2CCCCC2)C1=O. The van der Waals surface area contributed by atoms with Crippen molar-refractivity contribution in [3.8, 4) is 0 Å². The molecule has 0 radical (unpaired) electrons. The van der Waals surface area contributed by atoms with Crippen molar-refractivity contribution in [1.29, 1.82) is 0 Å². The van der Waals surface area contributed by atoms with Crippen LogP contribution in [0.5, 0.6) is 0 Å². The van der Waals surface area contributed by atoms with Gasteiger partial charge < -0.3 is 10.2 Å². The van der Waals surface area contributed by atoms with Crippen molar-refractivity contribution in [3.05, 3.63) is 66.2 Å². The Kier molecular flexibility index (Phi) is 5.57. The van der Waals surface area contributed by atoms with Gasteiger partial charge in [0.05, 0.1) is 0 Å². The Morgan fingerprint density at radius 1 is 1.00 bits per heavy atom. The molecule has 30 heavy (non-hydrogen) atoms. The highest BCUT2D eigenvalue weighted by molar-refractivity contribution is 6.10. The summed E-state index contributed by atoms with van der Waals surface area (Å²) in [6.07, 6.45) is 5.20. The molecule has 6 nitrogen and oxygen atoms in total. The minimum Gasteiger partial charge on any atom is -0.319 e.